The van der Waals surface area contributed by atoms with Gasteiger partial charge in [-0.1, -0.05) is 6.92 Å². The molecule has 0 bridgehead atoms. The third-order valence-electron chi connectivity index (χ3n) is 2.75. The number of phenols is 1. The summed E-state index contributed by atoms with van der Waals surface area (Å²) in [4.78, 5) is 15.7. The Morgan fingerprint density at radius 3 is 2.60 bits per heavy atom. The summed E-state index contributed by atoms with van der Waals surface area (Å²) in [6, 6.07) is 10.1. The van der Waals surface area contributed by atoms with Gasteiger partial charge in [0.05, 0.1) is 11.3 Å². The van der Waals surface area contributed by atoms with E-state index in [1.165, 1.54) is 6.20 Å². The highest BCUT2D eigenvalue weighted by molar-refractivity contribution is 6.02. The van der Waals surface area contributed by atoms with Gasteiger partial charge in [0.15, 0.2) is 0 Å². The van der Waals surface area contributed by atoms with Gasteiger partial charge in [-0.3, -0.25) is 9.78 Å². The van der Waals surface area contributed by atoms with Crippen molar-refractivity contribution in [3.63, 3.8) is 0 Å². The number of pyridine rings is 1. The van der Waals surface area contributed by atoms with E-state index in [4.69, 9.17) is 0 Å². The standard InChI is InChI=1S/C15H15N3O2/c1-2-14(11-5-7-13(19)8-6-11)17-18-15(20)12-4-3-9-16-10-12/h3-10,19H,2H2,1H3,(H,18,20)/b17-14+. The van der Waals surface area contributed by atoms with Crippen molar-refractivity contribution in [2.45, 2.75) is 13.3 Å². The van der Waals surface area contributed by atoms with Crippen LogP contribution < -0.4 is 5.43 Å². The molecule has 1 aromatic heterocycles. The summed E-state index contributed by atoms with van der Waals surface area (Å²) in [6.45, 7) is 1.95. The Morgan fingerprint density at radius 2 is 2.00 bits per heavy atom. The molecule has 0 unspecified atom stereocenters. The van der Waals surface area contributed by atoms with Gasteiger partial charge < -0.3 is 5.11 Å². The van der Waals surface area contributed by atoms with Crippen molar-refractivity contribution < 1.29 is 9.90 Å². The quantitative estimate of drug-likeness (QED) is 0.660. The molecular formula is C15H15N3O2. The number of hydrazone groups is 1. The number of hydrogen-bond acceptors (Lipinski definition) is 4. The molecule has 1 amide bonds. The minimum atomic E-state index is -0.303. The lowest BCUT2D eigenvalue weighted by molar-refractivity contribution is 0.0954. The van der Waals surface area contributed by atoms with E-state index in [2.05, 4.69) is 15.5 Å². The van der Waals surface area contributed by atoms with E-state index in [1.807, 2.05) is 6.92 Å². The molecular weight excluding hydrogens is 254 g/mol. The van der Waals surface area contributed by atoms with Gasteiger partial charge in [-0.05, 0) is 48.4 Å². The number of carbonyl (C=O) groups excluding carboxylic acids is 1. The number of hydrogen-bond donors (Lipinski definition) is 2. The molecule has 1 aromatic carbocycles. The molecule has 1 heterocycles. The molecule has 0 atom stereocenters. The average molecular weight is 269 g/mol. The van der Waals surface area contributed by atoms with Crippen LogP contribution in [-0.4, -0.2) is 21.7 Å². The maximum absolute atomic E-state index is 11.9. The number of benzene rings is 1. The lowest BCUT2D eigenvalue weighted by Gasteiger charge is -2.05. The van der Waals surface area contributed by atoms with Crippen molar-refractivity contribution in [2.24, 2.45) is 5.10 Å². The minimum Gasteiger partial charge on any atom is -0.508 e. The first-order chi connectivity index (χ1) is 9.70. The first kappa shape index (κ1) is 13.7. The van der Waals surface area contributed by atoms with E-state index >= 15 is 0 Å². The van der Waals surface area contributed by atoms with E-state index in [0.717, 1.165) is 11.3 Å². The number of rotatable bonds is 4. The van der Waals surface area contributed by atoms with Crippen LogP contribution in [0.2, 0.25) is 0 Å². The summed E-state index contributed by atoms with van der Waals surface area (Å²) in [7, 11) is 0. The fraction of sp³-hybridized carbons (Fsp3) is 0.133. The molecule has 2 rings (SSSR count). The molecule has 0 saturated heterocycles. The van der Waals surface area contributed by atoms with Crippen molar-refractivity contribution in [3.05, 3.63) is 59.9 Å². The second-order valence-electron chi connectivity index (χ2n) is 4.14. The zero-order valence-corrected chi connectivity index (χ0v) is 11.1. The smallest absolute Gasteiger partial charge is 0.272 e. The fourth-order valence-electron chi connectivity index (χ4n) is 1.68. The summed E-state index contributed by atoms with van der Waals surface area (Å²) < 4.78 is 0. The van der Waals surface area contributed by atoms with E-state index in [0.29, 0.717) is 12.0 Å². The van der Waals surface area contributed by atoms with E-state index in [1.54, 1.807) is 42.6 Å². The van der Waals surface area contributed by atoms with Crippen molar-refractivity contribution in [1.82, 2.24) is 10.4 Å². The zero-order chi connectivity index (χ0) is 14.4. The molecule has 2 aromatic rings. The number of aromatic nitrogens is 1. The summed E-state index contributed by atoms with van der Waals surface area (Å²) in [5.74, 6) is -0.105. The van der Waals surface area contributed by atoms with Crippen LogP contribution >= 0.6 is 0 Å². The van der Waals surface area contributed by atoms with Crippen LogP contribution in [0.4, 0.5) is 0 Å². The van der Waals surface area contributed by atoms with Crippen LogP contribution in [0.3, 0.4) is 0 Å². The summed E-state index contributed by atoms with van der Waals surface area (Å²) in [5.41, 5.74) is 4.56. The second-order valence-corrected chi connectivity index (χ2v) is 4.14. The molecule has 0 radical (unpaired) electrons. The van der Waals surface area contributed by atoms with Crippen molar-refractivity contribution in [3.8, 4) is 5.75 Å². The monoisotopic (exact) mass is 269 g/mol. The molecule has 0 spiro atoms. The van der Waals surface area contributed by atoms with Crippen molar-refractivity contribution in [1.29, 1.82) is 0 Å². The molecule has 2 N–H and O–H groups in total. The molecule has 0 fully saturated rings. The zero-order valence-electron chi connectivity index (χ0n) is 11.1. The van der Waals surface area contributed by atoms with Crippen LogP contribution in [0.5, 0.6) is 5.75 Å². The van der Waals surface area contributed by atoms with Crippen LogP contribution in [0.15, 0.2) is 53.9 Å². The lowest BCUT2D eigenvalue weighted by atomic mass is 10.1. The highest BCUT2D eigenvalue weighted by Crippen LogP contribution is 2.11. The second kappa shape index (κ2) is 6.47. The summed E-state index contributed by atoms with van der Waals surface area (Å²) in [6.07, 6.45) is 3.75. The third kappa shape index (κ3) is 3.41. The van der Waals surface area contributed by atoms with E-state index < -0.39 is 0 Å². The number of nitrogens with one attached hydrogen (secondary N) is 1. The predicted octanol–water partition coefficient (Wildman–Crippen LogP) is 2.33. The normalized spacial score (nSPS) is 11.2. The maximum Gasteiger partial charge on any atom is 0.272 e. The molecule has 5 heteroatoms. The van der Waals surface area contributed by atoms with Gasteiger partial charge in [-0.2, -0.15) is 5.10 Å². The van der Waals surface area contributed by atoms with Gasteiger partial charge >= 0.3 is 0 Å². The van der Waals surface area contributed by atoms with Gasteiger partial charge in [0.1, 0.15) is 5.75 Å². The van der Waals surface area contributed by atoms with Crippen LogP contribution in [0, 0.1) is 0 Å². The first-order valence-electron chi connectivity index (χ1n) is 6.27. The molecule has 0 aliphatic rings. The fourth-order valence-corrected chi connectivity index (χ4v) is 1.68. The van der Waals surface area contributed by atoms with Gasteiger partial charge in [0, 0.05) is 12.4 Å². The van der Waals surface area contributed by atoms with E-state index in [9.17, 15) is 9.90 Å². The molecule has 20 heavy (non-hydrogen) atoms. The Bertz CT molecular complexity index is 607. The molecule has 5 nitrogen and oxygen atoms in total. The number of nitrogens with zero attached hydrogens (tertiary/aromatic N) is 2. The first-order valence-corrected chi connectivity index (χ1v) is 6.27. The van der Waals surface area contributed by atoms with Gasteiger partial charge in [-0.25, -0.2) is 5.43 Å². The SMILES string of the molecule is CC/C(=N\NC(=O)c1cccnc1)c1ccc(O)cc1. The van der Waals surface area contributed by atoms with Crippen LogP contribution in [0.1, 0.15) is 29.3 Å². The van der Waals surface area contributed by atoms with Gasteiger partial charge in [-0.15, -0.1) is 0 Å². The van der Waals surface area contributed by atoms with Crippen LogP contribution in [-0.2, 0) is 0 Å². The van der Waals surface area contributed by atoms with Crippen molar-refractivity contribution >= 4 is 11.6 Å². The van der Waals surface area contributed by atoms with Crippen molar-refractivity contribution in [2.75, 3.05) is 0 Å². The Hall–Kier alpha value is -2.69. The molecule has 0 aliphatic heterocycles. The maximum atomic E-state index is 11.9. The number of amides is 1. The third-order valence-corrected chi connectivity index (χ3v) is 2.75. The molecule has 0 saturated carbocycles. The average Bonchev–Trinajstić information content (AvgIpc) is 2.50. The largest absolute Gasteiger partial charge is 0.508 e. The highest BCUT2D eigenvalue weighted by atomic mass is 16.3. The highest BCUT2D eigenvalue weighted by Gasteiger charge is 2.06. The number of aromatic hydroxyl groups is 1. The minimum absolute atomic E-state index is 0.198. The summed E-state index contributed by atoms with van der Waals surface area (Å²) in [5, 5.41) is 13.4. The Balaban J connectivity index is 2.12. The molecule has 0 aliphatic carbocycles. The molecule has 102 valence electrons. The Morgan fingerprint density at radius 1 is 1.25 bits per heavy atom. The Kier molecular flexibility index (Phi) is 4.44. The van der Waals surface area contributed by atoms with E-state index in [-0.39, 0.29) is 11.7 Å². The lowest BCUT2D eigenvalue weighted by Crippen LogP contribution is -2.20. The predicted molar refractivity (Wildman–Crippen MR) is 76.6 cm³/mol. The van der Waals surface area contributed by atoms with Crippen LogP contribution in [0.25, 0.3) is 0 Å². The number of carbonyl (C=O) groups is 1. The summed E-state index contributed by atoms with van der Waals surface area (Å²) >= 11 is 0. The number of phenolic OH excluding ortho intramolecular Hbond substituents is 1. The topological polar surface area (TPSA) is 74.6 Å². The van der Waals surface area contributed by atoms with Gasteiger partial charge in [0.25, 0.3) is 5.91 Å². The Labute approximate surface area is 117 Å². The van der Waals surface area contributed by atoms with Gasteiger partial charge in [0.2, 0.25) is 0 Å².